The molecule has 0 unspecified atom stereocenters. The van der Waals surface area contributed by atoms with Gasteiger partial charge in [0.05, 0.1) is 0 Å². The van der Waals surface area contributed by atoms with E-state index in [1.54, 1.807) is 0 Å². The van der Waals surface area contributed by atoms with Gasteiger partial charge in [-0.05, 0) is 56.6 Å². The van der Waals surface area contributed by atoms with Gasteiger partial charge in [0.15, 0.2) is 0 Å². The van der Waals surface area contributed by atoms with Crippen molar-refractivity contribution < 1.29 is 0 Å². The van der Waals surface area contributed by atoms with Crippen molar-refractivity contribution in [3.05, 3.63) is 52.7 Å². The highest BCUT2D eigenvalue weighted by Gasteiger charge is 2.26. The van der Waals surface area contributed by atoms with Crippen LogP contribution in [0.4, 0.5) is 0 Å². The smallest absolute Gasteiger partial charge is 0.00273 e. The van der Waals surface area contributed by atoms with Gasteiger partial charge >= 0.3 is 0 Å². The number of benzene rings is 3. The zero-order valence-electron chi connectivity index (χ0n) is 11.7. The molecule has 0 fully saturated rings. The van der Waals surface area contributed by atoms with E-state index in [2.05, 4.69) is 63.2 Å². The molecule has 0 saturated carbocycles. The molecule has 1 aliphatic rings. The van der Waals surface area contributed by atoms with Crippen LogP contribution in [0.3, 0.4) is 0 Å². The average molecular weight is 246 g/mol. The van der Waals surface area contributed by atoms with Crippen LogP contribution >= 0.6 is 0 Å². The molecule has 0 aromatic heterocycles. The van der Waals surface area contributed by atoms with E-state index in [1.807, 2.05) is 0 Å². The summed E-state index contributed by atoms with van der Waals surface area (Å²) in [5.41, 5.74) is 3.17. The Morgan fingerprint density at radius 2 is 1.84 bits per heavy atom. The molecule has 0 amide bonds. The zero-order chi connectivity index (χ0) is 13.2. The highest BCUT2D eigenvalue weighted by atomic mass is 14.3. The van der Waals surface area contributed by atoms with Crippen LogP contribution in [0.25, 0.3) is 27.6 Å². The molecule has 0 nitrogen and oxygen atoms in total. The summed E-state index contributed by atoms with van der Waals surface area (Å²) in [6.07, 6.45) is 3.54. The van der Waals surface area contributed by atoms with Crippen molar-refractivity contribution in [3.63, 3.8) is 0 Å². The fourth-order valence-corrected chi connectivity index (χ4v) is 3.56. The minimum absolute atomic E-state index is 0.246. The fraction of sp³-hybridized carbons (Fsp3) is 0.263. The standard InChI is InChI=1S/C19H18/c1-12-11-16-18-14(9-10-19(16,2)3)8-7-13-5-4-6-15(12)17(13)18/h4-9,11H,10H2,1-3H3. The lowest BCUT2D eigenvalue weighted by Crippen LogP contribution is -2.24. The summed E-state index contributed by atoms with van der Waals surface area (Å²) >= 11 is 0. The van der Waals surface area contributed by atoms with E-state index in [4.69, 9.17) is 0 Å². The summed E-state index contributed by atoms with van der Waals surface area (Å²) < 4.78 is 0. The Bertz CT molecular complexity index is 866. The summed E-state index contributed by atoms with van der Waals surface area (Å²) in [6.45, 7) is 6.96. The van der Waals surface area contributed by atoms with Gasteiger partial charge in [0.1, 0.15) is 0 Å². The first-order valence-corrected chi connectivity index (χ1v) is 7.03. The minimum atomic E-state index is 0.246. The molecule has 0 N–H and O–H groups in total. The first-order chi connectivity index (χ1) is 9.08. The van der Waals surface area contributed by atoms with E-state index in [0.29, 0.717) is 0 Å². The van der Waals surface area contributed by atoms with Crippen molar-refractivity contribution in [1.29, 1.82) is 0 Å². The molecule has 0 spiro atoms. The van der Waals surface area contributed by atoms with Gasteiger partial charge < -0.3 is 0 Å². The third-order valence-corrected chi connectivity index (χ3v) is 4.69. The van der Waals surface area contributed by atoms with Crippen LogP contribution in [-0.2, 0) is 5.41 Å². The maximum absolute atomic E-state index is 2.41. The van der Waals surface area contributed by atoms with E-state index in [9.17, 15) is 0 Å². The molecule has 4 rings (SSSR count). The predicted molar refractivity (Wildman–Crippen MR) is 83.5 cm³/mol. The molecule has 0 aliphatic heterocycles. The Kier molecular flexibility index (Phi) is 1.97. The van der Waals surface area contributed by atoms with Gasteiger partial charge in [-0.3, -0.25) is 0 Å². The molecule has 19 heavy (non-hydrogen) atoms. The predicted octanol–water partition coefficient (Wildman–Crippen LogP) is 4.48. The topological polar surface area (TPSA) is 0 Å². The molecule has 0 bridgehead atoms. The Morgan fingerprint density at radius 1 is 1.00 bits per heavy atom. The van der Waals surface area contributed by atoms with Crippen LogP contribution in [0.15, 0.2) is 36.4 Å². The first-order valence-electron chi connectivity index (χ1n) is 7.03. The molecule has 3 aromatic carbocycles. The van der Waals surface area contributed by atoms with Crippen molar-refractivity contribution >= 4 is 27.6 Å². The summed E-state index contributed by atoms with van der Waals surface area (Å²) in [5, 5.41) is 7.13. The van der Waals surface area contributed by atoms with Crippen molar-refractivity contribution in [2.45, 2.75) is 32.6 Å². The lowest BCUT2D eigenvalue weighted by atomic mass is 9.74. The first kappa shape index (κ1) is 11.0. The number of rotatable bonds is 0. The largest absolute Gasteiger partial charge is 0.0758 e. The summed E-state index contributed by atoms with van der Waals surface area (Å²) in [7, 11) is 0. The van der Waals surface area contributed by atoms with E-state index >= 15 is 0 Å². The second-order valence-electron chi connectivity index (χ2n) is 6.47. The second kappa shape index (κ2) is 3.39. The lowest BCUT2D eigenvalue weighted by Gasteiger charge is -2.30. The third kappa shape index (κ3) is 1.35. The minimum Gasteiger partial charge on any atom is -0.0758 e. The molecule has 3 aromatic rings. The molecule has 0 radical (unpaired) electrons. The summed E-state index contributed by atoms with van der Waals surface area (Å²) in [4.78, 5) is 0. The Hall–Kier alpha value is -1.82. The molecule has 1 aliphatic carbocycles. The molecule has 94 valence electrons. The molecule has 0 saturated heterocycles. The van der Waals surface area contributed by atoms with Crippen LogP contribution in [-0.4, -0.2) is 0 Å². The van der Waals surface area contributed by atoms with E-state index in [0.717, 1.165) is 6.42 Å². The number of aryl methyl sites for hydroxylation is 1. The quantitative estimate of drug-likeness (QED) is 0.548. The molecular weight excluding hydrogens is 228 g/mol. The van der Waals surface area contributed by atoms with Crippen molar-refractivity contribution in [2.75, 3.05) is 0 Å². The molecule has 0 atom stereocenters. The SMILES string of the molecule is Cc1cc2c3c(ccc4cccc1c43)=CCC2(C)C. The van der Waals surface area contributed by atoms with E-state index in [1.165, 1.54) is 37.9 Å². The van der Waals surface area contributed by atoms with Gasteiger partial charge in [-0.25, -0.2) is 0 Å². The zero-order valence-corrected chi connectivity index (χ0v) is 11.7. The van der Waals surface area contributed by atoms with Crippen LogP contribution in [0.5, 0.6) is 0 Å². The monoisotopic (exact) mass is 246 g/mol. The number of hydrogen-bond acceptors (Lipinski definition) is 0. The van der Waals surface area contributed by atoms with E-state index in [-0.39, 0.29) is 5.41 Å². The van der Waals surface area contributed by atoms with Crippen LogP contribution in [0.1, 0.15) is 31.4 Å². The van der Waals surface area contributed by atoms with Crippen molar-refractivity contribution in [1.82, 2.24) is 0 Å². The highest BCUT2D eigenvalue weighted by molar-refractivity contribution is 6.13. The normalized spacial score (nSPS) is 16.8. The fourth-order valence-electron chi connectivity index (χ4n) is 3.56. The maximum atomic E-state index is 2.41. The van der Waals surface area contributed by atoms with Gasteiger partial charge in [-0.2, -0.15) is 0 Å². The Morgan fingerprint density at radius 3 is 2.68 bits per heavy atom. The van der Waals surface area contributed by atoms with Crippen LogP contribution < -0.4 is 5.22 Å². The molecule has 0 heteroatoms. The van der Waals surface area contributed by atoms with Crippen molar-refractivity contribution in [3.8, 4) is 0 Å². The van der Waals surface area contributed by atoms with Crippen molar-refractivity contribution in [2.24, 2.45) is 0 Å². The molecular formula is C19H18. The average Bonchev–Trinajstić information content (AvgIpc) is 2.40. The number of hydrogen-bond donors (Lipinski definition) is 0. The maximum Gasteiger partial charge on any atom is -0.00273 e. The summed E-state index contributed by atoms with van der Waals surface area (Å²) in [6, 6.07) is 13.6. The Labute approximate surface area is 113 Å². The van der Waals surface area contributed by atoms with Gasteiger partial charge in [0.2, 0.25) is 0 Å². The summed E-state index contributed by atoms with van der Waals surface area (Å²) in [5.74, 6) is 0. The van der Waals surface area contributed by atoms with Crippen LogP contribution in [0.2, 0.25) is 0 Å². The van der Waals surface area contributed by atoms with Gasteiger partial charge in [-0.15, -0.1) is 0 Å². The van der Waals surface area contributed by atoms with Gasteiger partial charge in [0.25, 0.3) is 0 Å². The van der Waals surface area contributed by atoms with Gasteiger partial charge in [0, 0.05) is 0 Å². The third-order valence-electron chi connectivity index (χ3n) is 4.69. The lowest BCUT2D eigenvalue weighted by molar-refractivity contribution is 0.548. The molecule has 0 heterocycles. The highest BCUT2D eigenvalue weighted by Crippen LogP contribution is 2.39. The van der Waals surface area contributed by atoms with Crippen LogP contribution in [0, 0.1) is 6.92 Å². The Balaban J connectivity index is 2.40. The second-order valence-corrected chi connectivity index (χ2v) is 6.47. The van der Waals surface area contributed by atoms with Gasteiger partial charge in [-0.1, -0.05) is 56.3 Å². The van der Waals surface area contributed by atoms with E-state index < -0.39 is 0 Å².